The molecule has 8 nitrogen and oxygen atoms in total. The highest BCUT2D eigenvalue weighted by Gasteiger charge is 2.21. The number of ether oxygens (including phenoxy) is 1. The Hall–Kier alpha value is -3.52. The van der Waals surface area contributed by atoms with E-state index in [9.17, 15) is 4.79 Å². The topological polar surface area (TPSA) is 101 Å². The van der Waals surface area contributed by atoms with Crippen molar-refractivity contribution in [3.63, 3.8) is 0 Å². The van der Waals surface area contributed by atoms with Crippen molar-refractivity contribution in [1.29, 1.82) is 0 Å². The highest BCUT2D eigenvalue weighted by molar-refractivity contribution is 5.92. The molecule has 1 saturated heterocycles. The molecule has 29 heavy (non-hydrogen) atoms. The summed E-state index contributed by atoms with van der Waals surface area (Å²) in [5, 5.41) is 9.34. The summed E-state index contributed by atoms with van der Waals surface area (Å²) in [6.07, 6.45) is 4.74. The van der Waals surface area contributed by atoms with Crippen LogP contribution in [0, 0.1) is 5.92 Å². The van der Waals surface area contributed by atoms with Crippen LogP contribution in [0.2, 0.25) is 0 Å². The van der Waals surface area contributed by atoms with Gasteiger partial charge in [-0.1, -0.05) is 6.07 Å². The van der Waals surface area contributed by atoms with Crippen molar-refractivity contribution in [2.75, 3.05) is 29.2 Å². The van der Waals surface area contributed by atoms with E-state index < -0.39 is 0 Å². The van der Waals surface area contributed by atoms with Gasteiger partial charge >= 0.3 is 0 Å². The van der Waals surface area contributed by atoms with Crippen LogP contribution in [0.1, 0.15) is 12.8 Å². The fourth-order valence-electron chi connectivity index (χ4n) is 3.05. The first-order valence-corrected chi connectivity index (χ1v) is 9.52. The number of anilines is 5. The Kier molecular flexibility index (Phi) is 5.92. The van der Waals surface area contributed by atoms with E-state index in [1.165, 1.54) is 6.33 Å². The second-order valence-electron chi connectivity index (χ2n) is 6.71. The molecular formula is C21H22N6O2. The molecule has 2 aromatic heterocycles. The smallest absolute Gasteiger partial charge is 0.227 e. The highest BCUT2D eigenvalue weighted by atomic mass is 16.5. The number of rotatable bonds is 6. The second-order valence-corrected chi connectivity index (χ2v) is 6.71. The Balaban J connectivity index is 1.36. The van der Waals surface area contributed by atoms with Crippen LogP contribution in [-0.2, 0) is 9.53 Å². The van der Waals surface area contributed by atoms with Crippen LogP contribution in [0.3, 0.4) is 0 Å². The summed E-state index contributed by atoms with van der Waals surface area (Å²) in [5.74, 6) is 2.07. The number of amides is 1. The lowest BCUT2D eigenvalue weighted by Crippen LogP contribution is -2.28. The van der Waals surface area contributed by atoms with Gasteiger partial charge in [0.1, 0.15) is 23.8 Å². The Morgan fingerprint density at radius 2 is 1.59 bits per heavy atom. The summed E-state index contributed by atoms with van der Waals surface area (Å²) in [5.41, 5.74) is 1.63. The van der Waals surface area contributed by atoms with Gasteiger partial charge in [0, 0.05) is 42.8 Å². The van der Waals surface area contributed by atoms with Crippen LogP contribution in [-0.4, -0.2) is 34.1 Å². The Bertz CT molecular complexity index is 943. The summed E-state index contributed by atoms with van der Waals surface area (Å²) in [7, 11) is 0. The van der Waals surface area contributed by atoms with Gasteiger partial charge in [0.25, 0.3) is 0 Å². The molecule has 0 saturated carbocycles. The molecule has 8 heteroatoms. The van der Waals surface area contributed by atoms with Crippen molar-refractivity contribution in [1.82, 2.24) is 15.0 Å². The molecule has 1 aliphatic rings. The molecule has 3 heterocycles. The minimum atomic E-state index is 0.0209. The largest absolute Gasteiger partial charge is 0.381 e. The van der Waals surface area contributed by atoms with E-state index in [-0.39, 0.29) is 11.8 Å². The van der Waals surface area contributed by atoms with E-state index in [4.69, 9.17) is 4.74 Å². The van der Waals surface area contributed by atoms with Crippen molar-refractivity contribution >= 4 is 34.7 Å². The van der Waals surface area contributed by atoms with Gasteiger partial charge in [-0.2, -0.15) is 0 Å². The van der Waals surface area contributed by atoms with Gasteiger partial charge in [-0.15, -0.1) is 0 Å². The number of nitrogens with zero attached hydrogens (tertiary/aromatic N) is 3. The van der Waals surface area contributed by atoms with Gasteiger partial charge in [-0.25, -0.2) is 15.0 Å². The summed E-state index contributed by atoms with van der Waals surface area (Å²) < 4.78 is 5.31. The molecule has 0 spiro atoms. The van der Waals surface area contributed by atoms with Gasteiger partial charge in [-0.05, 0) is 49.2 Å². The first-order chi connectivity index (χ1) is 14.3. The lowest BCUT2D eigenvalue weighted by atomic mass is 9.99. The van der Waals surface area contributed by atoms with Crippen molar-refractivity contribution < 1.29 is 9.53 Å². The molecule has 148 valence electrons. The lowest BCUT2D eigenvalue weighted by molar-refractivity contribution is -0.122. The van der Waals surface area contributed by atoms with Crippen molar-refractivity contribution in [2.24, 2.45) is 5.92 Å². The zero-order valence-electron chi connectivity index (χ0n) is 15.8. The quantitative estimate of drug-likeness (QED) is 0.589. The fraction of sp³-hybridized carbons (Fsp3) is 0.238. The SMILES string of the molecule is O=C(Nc1ccc(Nc2cc(Nc3ccccn3)ncn2)cc1)C1CCOCC1. The van der Waals surface area contributed by atoms with Gasteiger partial charge < -0.3 is 20.7 Å². The average Bonchev–Trinajstić information content (AvgIpc) is 2.77. The van der Waals surface area contributed by atoms with Gasteiger partial charge in [0.2, 0.25) is 5.91 Å². The number of benzene rings is 1. The van der Waals surface area contributed by atoms with Crippen molar-refractivity contribution in [2.45, 2.75) is 12.8 Å². The predicted molar refractivity (Wildman–Crippen MR) is 111 cm³/mol. The molecular weight excluding hydrogens is 368 g/mol. The average molecular weight is 390 g/mol. The Morgan fingerprint density at radius 1 is 0.862 bits per heavy atom. The summed E-state index contributed by atoms with van der Waals surface area (Å²) >= 11 is 0. The predicted octanol–water partition coefficient (Wildman–Crippen LogP) is 3.72. The first kappa shape index (κ1) is 18.8. The number of hydrogen-bond acceptors (Lipinski definition) is 7. The molecule has 1 aromatic carbocycles. The maximum atomic E-state index is 12.3. The molecule has 4 rings (SSSR count). The van der Waals surface area contributed by atoms with Gasteiger partial charge in [-0.3, -0.25) is 4.79 Å². The minimum absolute atomic E-state index is 0.0209. The molecule has 0 unspecified atom stereocenters. The molecule has 1 fully saturated rings. The van der Waals surface area contributed by atoms with E-state index in [2.05, 4.69) is 30.9 Å². The third kappa shape index (κ3) is 5.26. The summed E-state index contributed by atoms with van der Waals surface area (Å²) in [6.45, 7) is 1.30. The molecule has 1 amide bonds. The fourth-order valence-corrected chi connectivity index (χ4v) is 3.05. The van der Waals surface area contributed by atoms with Crippen molar-refractivity contribution in [3.8, 4) is 0 Å². The van der Waals surface area contributed by atoms with E-state index >= 15 is 0 Å². The molecule has 0 radical (unpaired) electrons. The molecule has 3 aromatic rings. The van der Waals surface area contributed by atoms with E-state index in [1.807, 2.05) is 42.5 Å². The van der Waals surface area contributed by atoms with Crippen LogP contribution < -0.4 is 16.0 Å². The van der Waals surface area contributed by atoms with E-state index in [0.29, 0.717) is 30.7 Å². The number of pyridine rings is 1. The molecule has 3 N–H and O–H groups in total. The maximum Gasteiger partial charge on any atom is 0.227 e. The van der Waals surface area contributed by atoms with Crippen LogP contribution in [0.15, 0.2) is 61.1 Å². The van der Waals surface area contributed by atoms with Gasteiger partial charge in [0.15, 0.2) is 0 Å². The van der Waals surface area contributed by atoms with Crippen LogP contribution in [0.25, 0.3) is 0 Å². The standard InChI is InChI=1S/C21H22N6O2/c28-21(15-8-11-29-12-9-15)26-17-6-4-16(5-7-17)25-19-13-20(24-14-23-19)27-18-3-1-2-10-22-18/h1-7,10,13-15H,8-9,11-12H2,(H,26,28)(H2,22,23,24,25,27). The van der Waals surface area contributed by atoms with Crippen LogP contribution in [0.5, 0.6) is 0 Å². The Morgan fingerprint density at radius 3 is 2.31 bits per heavy atom. The monoisotopic (exact) mass is 390 g/mol. The zero-order valence-corrected chi connectivity index (χ0v) is 15.8. The normalized spacial score (nSPS) is 14.2. The van der Waals surface area contributed by atoms with E-state index in [1.54, 1.807) is 12.3 Å². The highest BCUT2D eigenvalue weighted by Crippen LogP contribution is 2.21. The maximum absolute atomic E-state index is 12.3. The molecule has 1 aliphatic heterocycles. The number of aromatic nitrogens is 3. The number of carbonyl (C=O) groups excluding carboxylic acids is 1. The second kappa shape index (κ2) is 9.11. The third-order valence-corrected chi connectivity index (χ3v) is 4.61. The van der Waals surface area contributed by atoms with Crippen LogP contribution in [0.4, 0.5) is 28.8 Å². The summed E-state index contributed by atoms with van der Waals surface area (Å²) in [4.78, 5) is 25.0. The molecule has 0 aliphatic carbocycles. The van der Waals surface area contributed by atoms with Crippen molar-refractivity contribution in [3.05, 3.63) is 61.1 Å². The third-order valence-electron chi connectivity index (χ3n) is 4.61. The molecule has 0 bridgehead atoms. The molecule has 0 atom stereocenters. The summed E-state index contributed by atoms with van der Waals surface area (Å²) in [6, 6.07) is 15.0. The minimum Gasteiger partial charge on any atom is -0.381 e. The lowest BCUT2D eigenvalue weighted by Gasteiger charge is -2.21. The first-order valence-electron chi connectivity index (χ1n) is 9.52. The van der Waals surface area contributed by atoms with Gasteiger partial charge in [0.05, 0.1) is 0 Å². The number of nitrogens with one attached hydrogen (secondary N) is 3. The zero-order chi connectivity index (χ0) is 19.9. The Labute approximate surface area is 168 Å². The van der Waals surface area contributed by atoms with E-state index in [0.717, 1.165) is 24.2 Å². The van der Waals surface area contributed by atoms with Crippen LogP contribution >= 0.6 is 0 Å². The number of carbonyl (C=O) groups is 1. The number of hydrogen-bond donors (Lipinski definition) is 3.